The third-order valence-corrected chi connectivity index (χ3v) is 6.65. The van der Waals surface area contributed by atoms with Crippen LogP contribution in [0.3, 0.4) is 0 Å². The third-order valence-electron chi connectivity index (χ3n) is 4.20. The highest BCUT2D eigenvalue weighted by molar-refractivity contribution is 7.91. The molecule has 1 aromatic rings. The van der Waals surface area contributed by atoms with Crippen molar-refractivity contribution in [3.63, 3.8) is 0 Å². The predicted molar refractivity (Wildman–Crippen MR) is 81.2 cm³/mol. The molecule has 0 amide bonds. The monoisotopic (exact) mass is 330 g/mol. The minimum atomic E-state index is -3.60. The lowest BCUT2D eigenvalue weighted by Crippen LogP contribution is -2.36. The van der Waals surface area contributed by atoms with Crippen molar-refractivity contribution in [2.24, 2.45) is 5.41 Å². The van der Waals surface area contributed by atoms with Crippen molar-refractivity contribution >= 4 is 27.4 Å². The van der Waals surface area contributed by atoms with Gasteiger partial charge in [-0.15, -0.1) is 0 Å². The van der Waals surface area contributed by atoms with Gasteiger partial charge < -0.3 is 4.74 Å². The Hall–Kier alpha value is -1.07. The van der Waals surface area contributed by atoms with Crippen LogP contribution in [0, 0.1) is 12.3 Å². The molecule has 2 rings (SSSR count). The normalized spacial score (nSPS) is 17.7. The van der Waals surface area contributed by atoms with Gasteiger partial charge in [-0.3, -0.25) is 4.79 Å². The zero-order chi connectivity index (χ0) is 15.7. The molecule has 4 nitrogen and oxygen atoms in total. The van der Waals surface area contributed by atoms with E-state index < -0.39 is 21.2 Å². The van der Waals surface area contributed by atoms with Gasteiger partial charge in [0.2, 0.25) is 0 Å². The average molecular weight is 331 g/mol. The number of rotatable bonds is 4. The quantitative estimate of drug-likeness (QED) is 0.796. The highest BCUT2D eigenvalue weighted by Gasteiger charge is 2.46. The number of carbonyl (C=O) groups is 1. The molecule has 1 aliphatic carbocycles. The summed E-state index contributed by atoms with van der Waals surface area (Å²) >= 11 is 6.00. The maximum absolute atomic E-state index is 12.7. The Morgan fingerprint density at radius 1 is 1.33 bits per heavy atom. The van der Waals surface area contributed by atoms with E-state index in [1.165, 1.54) is 13.2 Å². The highest BCUT2D eigenvalue weighted by atomic mass is 35.5. The highest BCUT2D eigenvalue weighted by Crippen LogP contribution is 2.42. The van der Waals surface area contributed by atoms with E-state index in [-0.39, 0.29) is 10.6 Å². The van der Waals surface area contributed by atoms with Gasteiger partial charge in [0.05, 0.1) is 23.2 Å². The summed E-state index contributed by atoms with van der Waals surface area (Å²) in [4.78, 5) is 12.3. The number of sulfone groups is 1. The molecule has 1 saturated carbocycles. The first-order valence-electron chi connectivity index (χ1n) is 6.89. The van der Waals surface area contributed by atoms with Crippen molar-refractivity contribution in [1.29, 1.82) is 0 Å². The molecule has 0 aromatic heterocycles. The summed E-state index contributed by atoms with van der Waals surface area (Å²) in [5.74, 6) is -0.642. The van der Waals surface area contributed by atoms with Crippen LogP contribution in [-0.4, -0.2) is 27.2 Å². The molecule has 0 radical (unpaired) electrons. The van der Waals surface area contributed by atoms with Crippen LogP contribution < -0.4 is 0 Å². The lowest BCUT2D eigenvalue weighted by Gasteiger charge is -2.25. The van der Waals surface area contributed by atoms with Gasteiger partial charge >= 0.3 is 5.97 Å². The standard InChI is InChI=1S/C15H19ClO4S/c1-11-12(16)6-5-7-13(11)21(18,19)10-15(14(17)20-2)8-3-4-9-15/h5-7H,3-4,8-10H2,1-2H3. The summed E-state index contributed by atoms with van der Waals surface area (Å²) in [7, 11) is -2.29. The zero-order valence-electron chi connectivity index (χ0n) is 12.2. The van der Waals surface area contributed by atoms with Crippen LogP contribution in [0.5, 0.6) is 0 Å². The summed E-state index contributed by atoms with van der Waals surface area (Å²) in [6.45, 7) is 1.68. The molecular formula is C15H19ClO4S. The fourth-order valence-corrected chi connectivity index (χ4v) is 5.42. The number of esters is 1. The van der Waals surface area contributed by atoms with E-state index in [9.17, 15) is 13.2 Å². The lowest BCUT2D eigenvalue weighted by atomic mass is 9.89. The fraction of sp³-hybridized carbons (Fsp3) is 0.533. The minimum absolute atomic E-state index is 0.199. The summed E-state index contributed by atoms with van der Waals surface area (Å²) in [6.07, 6.45) is 2.80. The summed E-state index contributed by atoms with van der Waals surface area (Å²) in [5, 5.41) is 0.412. The fourth-order valence-electron chi connectivity index (χ4n) is 3.04. The Labute approximate surface area is 130 Å². The molecular weight excluding hydrogens is 312 g/mol. The SMILES string of the molecule is COC(=O)C1(CS(=O)(=O)c2cccc(Cl)c2C)CCCC1. The van der Waals surface area contributed by atoms with Crippen molar-refractivity contribution in [2.75, 3.05) is 12.9 Å². The van der Waals surface area contributed by atoms with Gasteiger partial charge in [0, 0.05) is 5.02 Å². The van der Waals surface area contributed by atoms with Crippen molar-refractivity contribution in [2.45, 2.75) is 37.5 Å². The smallest absolute Gasteiger partial charge is 0.312 e. The van der Waals surface area contributed by atoms with E-state index in [1.807, 2.05) is 0 Å². The molecule has 0 saturated heterocycles. The van der Waals surface area contributed by atoms with Gasteiger partial charge in [-0.05, 0) is 37.5 Å². The van der Waals surface area contributed by atoms with Crippen LogP contribution in [0.4, 0.5) is 0 Å². The molecule has 1 fully saturated rings. The van der Waals surface area contributed by atoms with Gasteiger partial charge in [-0.2, -0.15) is 0 Å². The second-order valence-electron chi connectivity index (χ2n) is 5.60. The Morgan fingerprint density at radius 3 is 2.52 bits per heavy atom. The molecule has 6 heteroatoms. The largest absolute Gasteiger partial charge is 0.469 e. The van der Waals surface area contributed by atoms with Crippen LogP contribution in [0.15, 0.2) is 23.1 Å². The van der Waals surface area contributed by atoms with Crippen LogP contribution in [0.2, 0.25) is 5.02 Å². The lowest BCUT2D eigenvalue weighted by molar-refractivity contribution is -0.151. The van der Waals surface area contributed by atoms with Crippen LogP contribution in [0.25, 0.3) is 0 Å². The number of methoxy groups -OCH3 is 1. The predicted octanol–water partition coefficient (Wildman–Crippen LogP) is 3.16. The molecule has 21 heavy (non-hydrogen) atoms. The maximum atomic E-state index is 12.7. The number of hydrogen-bond donors (Lipinski definition) is 0. The van der Waals surface area contributed by atoms with E-state index in [0.29, 0.717) is 23.4 Å². The molecule has 0 bridgehead atoms. The first-order chi connectivity index (χ1) is 9.82. The summed E-state index contributed by atoms with van der Waals surface area (Å²) < 4.78 is 30.3. The van der Waals surface area contributed by atoms with Gasteiger partial charge in [-0.1, -0.05) is 30.5 Å². The van der Waals surface area contributed by atoms with Crippen molar-refractivity contribution in [3.05, 3.63) is 28.8 Å². The Kier molecular flexibility index (Phi) is 4.63. The molecule has 0 aliphatic heterocycles. The van der Waals surface area contributed by atoms with Gasteiger partial charge in [-0.25, -0.2) is 8.42 Å². The summed E-state index contributed by atoms with van der Waals surface area (Å²) in [5.41, 5.74) is -0.389. The zero-order valence-corrected chi connectivity index (χ0v) is 13.8. The number of hydrogen-bond acceptors (Lipinski definition) is 4. The van der Waals surface area contributed by atoms with Gasteiger partial charge in [0.15, 0.2) is 9.84 Å². The van der Waals surface area contributed by atoms with Crippen molar-refractivity contribution < 1.29 is 17.9 Å². The third kappa shape index (κ3) is 3.09. The van der Waals surface area contributed by atoms with Gasteiger partial charge in [0.1, 0.15) is 0 Å². The number of benzene rings is 1. The second-order valence-corrected chi connectivity index (χ2v) is 7.97. The number of carbonyl (C=O) groups excluding carboxylic acids is 1. The van der Waals surface area contributed by atoms with Gasteiger partial charge in [0.25, 0.3) is 0 Å². The molecule has 0 heterocycles. The Morgan fingerprint density at radius 2 is 1.95 bits per heavy atom. The van der Waals surface area contributed by atoms with Crippen molar-refractivity contribution in [3.8, 4) is 0 Å². The van der Waals surface area contributed by atoms with E-state index in [4.69, 9.17) is 16.3 Å². The van der Waals surface area contributed by atoms with E-state index in [1.54, 1.807) is 19.1 Å². The molecule has 0 spiro atoms. The summed E-state index contributed by atoms with van der Waals surface area (Å²) in [6, 6.07) is 4.81. The maximum Gasteiger partial charge on any atom is 0.312 e. The van der Waals surface area contributed by atoms with Crippen LogP contribution in [-0.2, 0) is 19.4 Å². The Balaban J connectivity index is 2.40. The molecule has 0 atom stereocenters. The molecule has 0 unspecified atom stereocenters. The molecule has 0 N–H and O–H groups in total. The van der Waals surface area contributed by atoms with Crippen molar-refractivity contribution in [1.82, 2.24) is 0 Å². The van der Waals surface area contributed by atoms with E-state index in [2.05, 4.69) is 0 Å². The number of ether oxygens (including phenoxy) is 1. The number of halogens is 1. The second kappa shape index (κ2) is 5.97. The Bertz CT molecular complexity index is 646. The molecule has 1 aliphatic rings. The topological polar surface area (TPSA) is 60.4 Å². The molecule has 1 aromatic carbocycles. The van der Waals surface area contributed by atoms with E-state index in [0.717, 1.165) is 12.8 Å². The first-order valence-corrected chi connectivity index (χ1v) is 8.92. The first kappa shape index (κ1) is 16.3. The minimum Gasteiger partial charge on any atom is -0.469 e. The van der Waals surface area contributed by atoms with Crippen LogP contribution >= 0.6 is 11.6 Å². The molecule has 116 valence electrons. The van der Waals surface area contributed by atoms with Crippen LogP contribution in [0.1, 0.15) is 31.2 Å². The average Bonchev–Trinajstić information content (AvgIpc) is 2.89. The van der Waals surface area contributed by atoms with E-state index >= 15 is 0 Å².